The van der Waals surface area contributed by atoms with Gasteiger partial charge in [0.1, 0.15) is 11.6 Å². The summed E-state index contributed by atoms with van der Waals surface area (Å²) in [4.78, 5) is 24.1. The number of amides is 1. The molecule has 1 N–H and O–H groups in total. The number of ether oxygens (including phenoxy) is 1. The lowest BCUT2D eigenvalue weighted by atomic mass is 10.1. The number of carbonyl (C=O) groups is 2. The summed E-state index contributed by atoms with van der Waals surface area (Å²) in [6, 6.07) is 3.76. The lowest BCUT2D eigenvalue weighted by Gasteiger charge is -2.15. The number of nitriles is 1. The van der Waals surface area contributed by atoms with E-state index in [9.17, 15) is 14.9 Å². The Kier molecular flexibility index (Phi) is 7.63. The smallest absolute Gasteiger partial charge is 0.349 e. The Bertz CT molecular complexity index is 736. The first-order valence-electron chi connectivity index (χ1n) is 8.86. The van der Waals surface area contributed by atoms with Gasteiger partial charge in [-0.2, -0.15) is 5.26 Å². The standard InChI is InChI=1S/C20H29N3O3/c1-12(2)11-23-14(5)8-17(15(23)6)9-18(10-21)20(25)26-16(7)19(24)22-13(3)4/h8-9,12-13,16H,11H2,1-7H3,(H,22,24)/b18-9+. The molecular formula is C20H29N3O3. The first-order valence-corrected chi connectivity index (χ1v) is 8.86. The Morgan fingerprint density at radius 2 is 1.88 bits per heavy atom. The third-order valence-electron chi connectivity index (χ3n) is 3.88. The molecule has 0 fully saturated rings. The monoisotopic (exact) mass is 359 g/mol. The Hall–Kier alpha value is -2.55. The van der Waals surface area contributed by atoms with Crippen LogP contribution in [0.15, 0.2) is 11.6 Å². The van der Waals surface area contributed by atoms with Crippen LogP contribution in [-0.2, 0) is 20.9 Å². The largest absolute Gasteiger partial charge is 0.448 e. The van der Waals surface area contributed by atoms with Gasteiger partial charge in [0.05, 0.1) is 0 Å². The van der Waals surface area contributed by atoms with E-state index in [4.69, 9.17) is 4.74 Å². The summed E-state index contributed by atoms with van der Waals surface area (Å²) in [7, 11) is 0. The van der Waals surface area contributed by atoms with Crippen LogP contribution in [0.1, 0.15) is 51.6 Å². The number of aryl methyl sites for hydroxylation is 1. The van der Waals surface area contributed by atoms with Crippen molar-refractivity contribution in [3.8, 4) is 6.07 Å². The predicted octanol–water partition coefficient (Wildman–Crippen LogP) is 3.12. The highest BCUT2D eigenvalue weighted by atomic mass is 16.5. The van der Waals surface area contributed by atoms with E-state index in [1.165, 1.54) is 13.0 Å². The van der Waals surface area contributed by atoms with E-state index >= 15 is 0 Å². The fraction of sp³-hybridized carbons (Fsp3) is 0.550. The van der Waals surface area contributed by atoms with Crippen molar-refractivity contribution in [2.75, 3.05) is 0 Å². The minimum Gasteiger partial charge on any atom is -0.448 e. The van der Waals surface area contributed by atoms with Gasteiger partial charge in [0.15, 0.2) is 6.10 Å². The zero-order valence-electron chi connectivity index (χ0n) is 16.7. The zero-order valence-corrected chi connectivity index (χ0v) is 16.7. The van der Waals surface area contributed by atoms with E-state index in [-0.39, 0.29) is 17.5 Å². The fourth-order valence-corrected chi connectivity index (χ4v) is 2.59. The van der Waals surface area contributed by atoms with E-state index in [0.29, 0.717) is 5.92 Å². The molecule has 0 saturated heterocycles. The van der Waals surface area contributed by atoms with Crippen molar-refractivity contribution in [3.63, 3.8) is 0 Å². The minimum absolute atomic E-state index is 0.0547. The summed E-state index contributed by atoms with van der Waals surface area (Å²) in [6.07, 6.45) is 0.559. The number of nitrogens with one attached hydrogen (secondary N) is 1. The fourth-order valence-electron chi connectivity index (χ4n) is 2.59. The van der Waals surface area contributed by atoms with Crippen LogP contribution in [-0.4, -0.2) is 28.6 Å². The summed E-state index contributed by atoms with van der Waals surface area (Å²) in [6.45, 7) is 14.2. The van der Waals surface area contributed by atoms with Crippen LogP contribution in [0.5, 0.6) is 0 Å². The Balaban J connectivity index is 3.00. The molecule has 0 aliphatic rings. The van der Waals surface area contributed by atoms with Gasteiger partial charge in [0, 0.05) is 24.0 Å². The average Bonchev–Trinajstić information content (AvgIpc) is 2.78. The molecule has 1 aromatic heterocycles. The van der Waals surface area contributed by atoms with Crippen LogP contribution in [0.25, 0.3) is 6.08 Å². The molecule has 26 heavy (non-hydrogen) atoms. The van der Waals surface area contributed by atoms with Gasteiger partial charge in [-0.25, -0.2) is 4.79 Å². The van der Waals surface area contributed by atoms with Crippen LogP contribution < -0.4 is 5.32 Å². The number of esters is 1. The molecule has 6 nitrogen and oxygen atoms in total. The molecule has 1 heterocycles. The molecule has 1 atom stereocenters. The summed E-state index contributed by atoms with van der Waals surface area (Å²) < 4.78 is 7.29. The van der Waals surface area contributed by atoms with Gasteiger partial charge < -0.3 is 14.6 Å². The van der Waals surface area contributed by atoms with Crippen LogP contribution in [0.3, 0.4) is 0 Å². The van der Waals surface area contributed by atoms with Gasteiger partial charge in [0.25, 0.3) is 5.91 Å². The number of hydrogen-bond acceptors (Lipinski definition) is 4. The molecule has 1 aromatic rings. The number of carbonyl (C=O) groups excluding carboxylic acids is 2. The highest BCUT2D eigenvalue weighted by Crippen LogP contribution is 2.20. The van der Waals surface area contributed by atoms with Crippen LogP contribution in [0.2, 0.25) is 0 Å². The third kappa shape index (κ3) is 5.76. The van der Waals surface area contributed by atoms with E-state index < -0.39 is 12.1 Å². The molecule has 0 saturated carbocycles. The number of nitrogens with zero attached hydrogens (tertiary/aromatic N) is 2. The highest BCUT2D eigenvalue weighted by Gasteiger charge is 2.21. The molecule has 142 valence electrons. The van der Waals surface area contributed by atoms with Crippen molar-refractivity contribution < 1.29 is 14.3 Å². The van der Waals surface area contributed by atoms with Crippen molar-refractivity contribution in [3.05, 3.63) is 28.6 Å². The first-order chi connectivity index (χ1) is 12.1. The van der Waals surface area contributed by atoms with Crippen LogP contribution >= 0.6 is 0 Å². The molecule has 1 unspecified atom stereocenters. The Morgan fingerprint density at radius 1 is 1.27 bits per heavy atom. The summed E-state index contributed by atoms with van der Waals surface area (Å²) in [5.41, 5.74) is 2.73. The first kappa shape index (κ1) is 21.5. The lowest BCUT2D eigenvalue weighted by molar-refractivity contribution is -0.150. The van der Waals surface area contributed by atoms with Gasteiger partial charge in [0.2, 0.25) is 0 Å². The molecule has 0 spiro atoms. The predicted molar refractivity (Wildman–Crippen MR) is 101 cm³/mol. The SMILES string of the molecule is Cc1cc(/C=C(\C#N)C(=O)OC(C)C(=O)NC(C)C)c(C)n1CC(C)C. The molecule has 0 aliphatic heterocycles. The molecule has 0 aromatic carbocycles. The van der Waals surface area contributed by atoms with E-state index in [0.717, 1.165) is 23.5 Å². The highest BCUT2D eigenvalue weighted by molar-refractivity contribution is 5.99. The lowest BCUT2D eigenvalue weighted by Crippen LogP contribution is -2.39. The van der Waals surface area contributed by atoms with Crippen LogP contribution in [0, 0.1) is 31.1 Å². The summed E-state index contributed by atoms with van der Waals surface area (Å²) in [5.74, 6) is -0.703. The second-order valence-electron chi connectivity index (χ2n) is 7.21. The van der Waals surface area contributed by atoms with E-state index in [2.05, 4.69) is 23.7 Å². The Labute approximate surface area is 155 Å². The van der Waals surface area contributed by atoms with Crippen molar-refractivity contribution in [2.24, 2.45) is 5.92 Å². The van der Waals surface area contributed by atoms with Crippen molar-refractivity contribution in [1.82, 2.24) is 9.88 Å². The van der Waals surface area contributed by atoms with Gasteiger partial charge in [-0.15, -0.1) is 0 Å². The molecule has 1 amide bonds. The Morgan fingerprint density at radius 3 is 2.38 bits per heavy atom. The maximum Gasteiger partial charge on any atom is 0.349 e. The maximum atomic E-state index is 12.3. The maximum absolute atomic E-state index is 12.3. The van der Waals surface area contributed by atoms with E-state index in [1.807, 2.05) is 39.8 Å². The third-order valence-corrected chi connectivity index (χ3v) is 3.88. The molecule has 1 rings (SSSR count). The molecular weight excluding hydrogens is 330 g/mol. The van der Waals surface area contributed by atoms with Gasteiger partial charge in [-0.3, -0.25) is 4.79 Å². The molecule has 0 bridgehead atoms. The molecule has 0 radical (unpaired) electrons. The van der Waals surface area contributed by atoms with E-state index in [1.54, 1.807) is 0 Å². The number of hydrogen-bond donors (Lipinski definition) is 1. The summed E-state index contributed by atoms with van der Waals surface area (Å²) in [5, 5.41) is 12.0. The second-order valence-corrected chi connectivity index (χ2v) is 7.21. The summed E-state index contributed by atoms with van der Waals surface area (Å²) >= 11 is 0. The van der Waals surface area contributed by atoms with Gasteiger partial charge >= 0.3 is 5.97 Å². The normalized spacial score (nSPS) is 12.8. The minimum atomic E-state index is -0.963. The van der Waals surface area contributed by atoms with Gasteiger partial charge in [-0.05, 0) is 58.2 Å². The second kappa shape index (κ2) is 9.23. The zero-order chi connectivity index (χ0) is 20.0. The quantitative estimate of drug-likeness (QED) is 0.460. The molecule has 6 heteroatoms. The number of aromatic nitrogens is 1. The topological polar surface area (TPSA) is 84.1 Å². The molecule has 0 aliphatic carbocycles. The van der Waals surface area contributed by atoms with Crippen molar-refractivity contribution in [1.29, 1.82) is 5.26 Å². The van der Waals surface area contributed by atoms with Gasteiger partial charge in [-0.1, -0.05) is 13.8 Å². The van der Waals surface area contributed by atoms with Crippen LogP contribution in [0.4, 0.5) is 0 Å². The van der Waals surface area contributed by atoms with Crippen molar-refractivity contribution in [2.45, 2.75) is 67.2 Å². The van der Waals surface area contributed by atoms with Crippen molar-refractivity contribution >= 4 is 18.0 Å². The number of rotatable bonds is 7. The average molecular weight is 359 g/mol.